The second kappa shape index (κ2) is 8.62. The molecule has 142 valence electrons. The van der Waals surface area contributed by atoms with Gasteiger partial charge in [-0.1, -0.05) is 12.1 Å². The van der Waals surface area contributed by atoms with E-state index in [2.05, 4.69) is 9.72 Å². The Morgan fingerprint density at radius 1 is 1.15 bits per heavy atom. The SMILES string of the molecule is COC(=O)c1ccc(CN(C(=O)N2CCCCC2)c2ccccc2F)nc1. The van der Waals surface area contributed by atoms with Crippen LogP contribution in [0.5, 0.6) is 0 Å². The first-order valence-corrected chi connectivity index (χ1v) is 8.94. The number of amides is 2. The van der Waals surface area contributed by atoms with Crippen molar-refractivity contribution in [3.63, 3.8) is 0 Å². The van der Waals surface area contributed by atoms with Crippen molar-refractivity contribution in [3.05, 3.63) is 59.7 Å². The molecule has 7 heteroatoms. The summed E-state index contributed by atoms with van der Waals surface area (Å²) in [4.78, 5) is 32.0. The number of pyridine rings is 1. The number of carbonyl (C=O) groups is 2. The molecule has 3 rings (SSSR count). The minimum atomic E-state index is -0.482. The van der Waals surface area contributed by atoms with E-state index in [4.69, 9.17) is 0 Å². The molecule has 6 nitrogen and oxygen atoms in total. The topological polar surface area (TPSA) is 62.7 Å². The largest absolute Gasteiger partial charge is 0.465 e. The summed E-state index contributed by atoms with van der Waals surface area (Å²) < 4.78 is 19.1. The van der Waals surface area contributed by atoms with E-state index in [0.717, 1.165) is 19.3 Å². The molecule has 27 heavy (non-hydrogen) atoms. The highest BCUT2D eigenvalue weighted by atomic mass is 19.1. The van der Waals surface area contributed by atoms with Crippen LogP contribution >= 0.6 is 0 Å². The van der Waals surface area contributed by atoms with Crippen LogP contribution in [-0.4, -0.2) is 42.1 Å². The van der Waals surface area contributed by atoms with E-state index in [-0.39, 0.29) is 18.3 Å². The maximum atomic E-state index is 14.4. The van der Waals surface area contributed by atoms with Gasteiger partial charge in [-0.2, -0.15) is 0 Å². The van der Waals surface area contributed by atoms with Gasteiger partial charge >= 0.3 is 12.0 Å². The van der Waals surface area contributed by atoms with E-state index in [1.807, 2.05) is 0 Å². The molecule has 1 aromatic heterocycles. The van der Waals surface area contributed by atoms with Gasteiger partial charge in [-0.15, -0.1) is 0 Å². The van der Waals surface area contributed by atoms with Crippen molar-refractivity contribution in [1.82, 2.24) is 9.88 Å². The van der Waals surface area contributed by atoms with E-state index in [9.17, 15) is 14.0 Å². The Morgan fingerprint density at radius 2 is 1.89 bits per heavy atom. The quantitative estimate of drug-likeness (QED) is 0.770. The van der Waals surface area contributed by atoms with E-state index >= 15 is 0 Å². The summed E-state index contributed by atoms with van der Waals surface area (Å²) in [7, 11) is 1.30. The van der Waals surface area contributed by atoms with Crippen molar-refractivity contribution in [3.8, 4) is 0 Å². The summed E-state index contributed by atoms with van der Waals surface area (Å²) in [5.41, 5.74) is 1.09. The highest BCUT2D eigenvalue weighted by Crippen LogP contribution is 2.23. The molecule has 0 unspecified atom stereocenters. The Morgan fingerprint density at radius 3 is 2.52 bits per heavy atom. The molecule has 0 saturated carbocycles. The molecule has 2 amide bonds. The molecule has 1 saturated heterocycles. The minimum absolute atomic E-state index is 0.109. The third-order valence-corrected chi connectivity index (χ3v) is 4.57. The van der Waals surface area contributed by atoms with E-state index in [1.54, 1.807) is 35.2 Å². The lowest BCUT2D eigenvalue weighted by Crippen LogP contribution is -2.45. The van der Waals surface area contributed by atoms with Crippen LogP contribution in [0.3, 0.4) is 0 Å². The van der Waals surface area contributed by atoms with E-state index in [1.165, 1.54) is 24.3 Å². The number of para-hydroxylation sites is 1. The molecule has 0 aliphatic carbocycles. The second-order valence-electron chi connectivity index (χ2n) is 6.40. The molecule has 0 N–H and O–H groups in total. The third kappa shape index (κ3) is 4.42. The van der Waals surface area contributed by atoms with Crippen LogP contribution in [0.2, 0.25) is 0 Å². The number of benzene rings is 1. The lowest BCUT2D eigenvalue weighted by atomic mass is 10.1. The van der Waals surface area contributed by atoms with Gasteiger partial charge in [0.2, 0.25) is 0 Å². The number of piperidine rings is 1. The molecule has 0 atom stereocenters. The van der Waals surface area contributed by atoms with Crippen LogP contribution in [-0.2, 0) is 11.3 Å². The number of anilines is 1. The Kier molecular flexibility index (Phi) is 6.01. The van der Waals surface area contributed by atoms with Crippen molar-refractivity contribution in [2.24, 2.45) is 0 Å². The molecule has 1 aromatic carbocycles. The number of esters is 1. The molecule has 1 aliphatic heterocycles. The molecule has 2 heterocycles. The maximum Gasteiger partial charge on any atom is 0.339 e. The van der Waals surface area contributed by atoms with Gasteiger partial charge in [-0.25, -0.2) is 14.0 Å². The van der Waals surface area contributed by atoms with Gasteiger partial charge in [0.15, 0.2) is 0 Å². The molecule has 0 bridgehead atoms. The average Bonchev–Trinajstić information content (AvgIpc) is 2.72. The lowest BCUT2D eigenvalue weighted by molar-refractivity contribution is 0.0600. The zero-order valence-electron chi connectivity index (χ0n) is 15.2. The van der Waals surface area contributed by atoms with Crippen LogP contribution in [0, 0.1) is 5.82 Å². The molecular formula is C20H22FN3O3. The zero-order valence-corrected chi connectivity index (χ0v) is 15.2. The van der Waals surface area contributed by atoms with Gasteiger partial charge in [-0.3, -0.25) is 9.88 Å². The van der Waals surface area contributed by atoms with Crippen LogP contribution in [0.25, 0.3) is 0 Å². The van der Waals surface area contributed by atoms with Gasteiger partial charge in [0, 0.05) is 19.3 Å². The van der Waals surface area contributed by atoms with Crippen LogP contribution in [0.4, 0.5) is 14.9 Å². The number of urea groups is 1. The summed E-state index contributed by atoms with van der Waals surface area (Å²) in [6, 6.07) is 9.19. The molecular weight excluding hydrogens is 349 g/mol. The average molecular weight is 371 g/mol. The van der Waals surface area contributed by atoms with Gasteiger partial charge in [-0.05, 0) is 43.5 Å². The van der Waals surface area contributed by atoms with Crippen molar-refractivity contribution < 1.29 is 18.7 Å². The van der Waals surface area contributed by atoms with E-state index < -0.39 is 11.8 Å². The van der Waals surface area contributed by atoms with Gasteiger partial charge in [0.25, 0.3) is 0 Å². The van der Waals surface area contributed by atoms with Gasteiger partial charge in [0.1, 0.15) is 5.82 Å². The Labute approximate surface area is 157 Å². The number of rotatable bonds is 4. The first kappa shape index (κ1) is 18.8. The Balaban J connectivity index is 1.86. The highest BCUT2D eigenvalue weighted by Gasteiger charge is 2.26. The summed E-state index contributed by atoms with van der Waals surface area (Å²) in [5.74, 6) is -0.946. The van der Waals surface area contributed by atoms with Crippen molar-refractivity contribution in [2.75, 3.05) is 25.1 Å². The van der Waals surface area contributed by atoms with Crippen LogP contribution in [0.15, 0.2) is 42.6 Å². The number of methoxy groups -OCH3 is 1. The Hall–Kier alpha value is -2.96. The summed E-state index contributed by atoms with van der Waals surface area (Å²) in [5, 5.41) is 0. The van der Waals surface area contributed by atoms with E-state index in [0.29, 0.717) is 24.3 Å². The number of aromatic nitrogens is 1. The predicted molar refractivity (Wildman–Crippen MR) is 99.0 cm³/mol. The number of carbonyl (C=O) groups excluding carboxylic acids is 2. The van der Waals surface area contributed by atoms with Crippen molar-refractivity contribution >= 4 is 17.7 Å². The number of ether oxygens (including phenoxy) is 1. The first-order valence-electron chi connectivity index (χ1n) is 8.94. The fourth-order valence-corrected chi connectivity index (χ4v) is 3.10. The molecule has 0 spiro atoms. The number of likely N-dealkylation sites (tertiary alicyclic amines) is 1. The van der Waals surface area contributed by atoms with Crippen LogP contribution in [0.1, 0.15) is 35.3 Å². The molecule has 0 radical (unpaired) electrons. The third-order valence-electron chi connectivity index (χ3n) is 4.57. The lowest BCUT2D eigenvalue weighted by Gasteiger charge is -2.33. The number of hydrogen-bond acceptors (Lipinski definition) is 4. The van der Waals surface area contributed by atoms with Crippen LogP contribution < -0.4 is 4.90 Å². The number of hydrogen-bond donors (Lipinski definition) is 0. The highest BCUT2D eigenvalue weighted by molar-refractivity contribution is 5.92. The standard InChI is InChI=1S/C20H22FN3O3/c1-27-19(25)15-9-10-16(22-13-15)14-24(18-8-4-3-7-17(18)21)20(26)23-11-5-2-6-12-23/h3-4,7-10,13H,2,5-6,11-12,14H2,1H3. The Bertz CT molecular complexity index is 804. The summed E-state index contributed by atoms with van der Waals surface area (Å²) in [6.07, 6.45) is 4.39. The molecule has 1 fully saturated rings. The number of halogens is 1. The molecule has 2 aromatic rings. The normalized spacial score (nSPS) is 13.9. The summed E-state index contributed by atoms with van der Waals surface area (Å²) >= 11 is 0. The predicted octanol–water partition coefficient (Wildman–Crippen LogP) is 3.62. The summed E-state index contributed by atoms with van der Waals surface area (Å²) in [6.45, 7) is 1.44. The fraction of sp³-hybridized carbons (Fsp3) is 0.350. The monoisotopic (exact) mass is 371 g/mol. The van der Waals surface area contributed by atoms with Crippen molar-refractivity contribution in [1.29, 1.82) is 0 Å². The smallest absolute Gasteiger partial charge is 0.339 e. The number of nitrogens with zero attached hydrogens (tertiary/aromatic N) is 3. The maximum absolute atomic E-state index is 14.4. The second-order valence-corrected chi connectivity index (χ2v) is 6.40. The first-order chi connectivity index (χ1) is 13.1. The fourth-order valence-electron chi connectivity index (χ4n) is 3.10. The zero-order chi connectivity index (χ0) is 19.2. The van der Waals surface area contributed by atoms with Gasteiger partial charge in [0.05, 0.1) is 30.6 Å². The van der Waals surface area contributed by atoms with Crippen molar-refractivity contribution in [2.45, 2.75) is 25.8 Å². The minimum Gasteiger partial charge on any atom is -0.465 e. The van der Waals surface area contributed by atoms with Gasteiger partial charge < -0.3 is 9.64 Å². The molecule has 1 aliphatic rings.